The van der Waals surface area contributed by atoms with Crippen molar-refractivity contribution in [2.24, 2.45) is 0 Å². The van der Waals surface area contributed by atoms with Crippen molar-refractivity contribution in [2.45, 2.75) is 25.6 Å². The molecule has 17 heavy (non-hydrogen) atoms. The number of aliphatic hydroxyl groups excluding tert-OH is 2. The van der Waals surface area contributed by atoms with E-state index in [2.05, 4.69) is 15.9 Å². The Hall–Kier alpha value is -0.910. The van der Waals surface area contributed by atoms with Crippen molar-refractivity contribution in [2.75, 3.05) is 6.61 Å². The van der Waals surface area contributed by atoms with Crippen LogP contribution in [0.25, 0.3) is 0 Å². The molecule has 0 aliphatic rings. The SMILES string of the molecule is CCOC(=O)CC(O)C(O)c1ccc(Br)cc1. The highest BCUT2D eigenvalue weighted by Gasteiger charge is 2.21. The summed E-state index contributed by atoms with van der Waals surface area (Å²) in [5.74, 6) is -0.517. The highest BCUT2D eigenvalue weighted by atomic mass is 79.9. The second-order valence-electron chi connectivity index (χ2n) is 3.57. The molecule has 1 aromatic rings. The van der Waals surface area contributed by atoms with E-state index in [1.54, 1.807) is 31.2 Å². The molecule has 0 radical (unpaired) electrons. The smallest absolute Gasteiger partial charge is 0.308 e. The summed E-state index contributed by atoms with van der Waals surface area (Å²) in [7, 11) is 0. The number of esters is 1. The maximum Gasteiger partial charge on any atom is 0.308 e. The van der Waals surface area contributed by atoms with Crippen LogP contribution in [0, 0.1) is 0 Å². The first-order chi connectivity index (χ1) is 8.04. The minimum Gasteiger partial charge on any atom is -0.466 e. The third kappa shape index (κ3) is 4.46. The fourth-order valence-electron chi connectivity index (χ4n) is 1.38. The summed E-state index contributed by atoms with van der Waals surface area (Å²) in [6, 6.07) is 6.89. The standard InChI is InChI=1S/C12H15BrO4/c1-2-17-11(15)7-10(14)12(16)8-3-5-9(13)6-4-8/h3-6,10,12,14,16H,2,7H2,1H3. The molecule has 0 amide bonds. The van der Waals surface area contributed by atoms with E-state index in [1.165, 1.54) is 0 Å². The molecule has 5 heteroatoms. The number of rotatable bonds is 5. The van der Waals surface area contributed by atoms with Crippen LogP contribution >= 0.6 is 15.9 Å². The van der Waals surface area contributed by atoms with E-state index >= 15 is 0 Å². The Kier molecular flexibility index (Phi) is 5.61. The van der Waals surface area contributed by atoms with Gasteiger partial charge < -0.3 is 14.9 Å². The van der Waals surface area contributed by atoms with Gasteiger partial charge in [0, 0.05) is 4.47 Å². The van der Waals surface area contributed by atoms with Gasteiger partial charge in [0.2, 0.25) is 0 Å². The van der Waals surface area contributed by atoms with E-state index in [-0.39, 0.29) is 13.0 Å². The van der Waals surface area contributed by atoms with Gasteiger partial charge >= 0.3 is 5.97 Å². The number of aliphatic hydroxyl groups is 2. The summed E-state index contributed by atoms with van der Waals surface area (Å²) in [6.07, 6.45) is -2.46. The van der Waals surface area contributed by atoms with Crippen LogP contribution in [-0.4, -0.2) is 28.9 Å². The highest BCUT2D eigenvalue weighted by molar-refractivity contribution is 9.10. The van der Waals surface area contributed by atoms with Gasteiger partial charge in [-0.2, -0.15) is 0 Å². The molecule has 1 aromatic carbocycles. The monoisotopic (exact) mass is 302 g/mol. The number of benzene rings is 1. The summed E-state index contributed by atoms with van der Waals surface area (Å²) >= 11 is 3.27. The highest BCUT2D eigenvalue weighted by Crippen LogP contribution is 2.21. The van der Waals surface area contributed by atoms with E-state index in [0.717, 1.165) is 4.47 Å². The number of hydrogen-bond acceptors (Lipinski definition) is 4. The molecule has 2 unspecified atom stereocenters. The van der Waals surface area contributed by atoms with Gasteiger partial charge in [-0.3, -0.25) is 4.79 Å². The Morgan fingerprint density at radius 1 is 1.35 bits per heavy atom. The van der Waals surface area contributed by atoms with E-state index in [1.807, 2.05) is 0 Å². The van der Waals surface area contributed by atoms with Gasteiger partial charge in [0.25, 0.3) is 0 Å². The third-order valence-electron chi connectivity index (χ3n) is 2.26. The van der Waals surface area contributed by atoms with Crippen LogP contribution in [0.3, 0.4) is 0 Å². The van der Waals surface area contributed by atoms with Crippen molar-refractivity contribution in [1.29, 1.82) is 0 Å². The van der Waals surface area contributed by atoms with Gasteiger partial charge in [0.1, 0.15) is 6.10 Å². The summed E-state index contributed by atoms with van der Waals surface area (Å²) in [5.41, 5.74) is 0.560. The van der Waals surface area contributed by atoms with Gasteiger partial charge in [-0.05, 0) is 24.6 Å². The van der Waals surface area contributed by atoms with Gasteiger partial charge in [-0.15, -0.1) is 0 Å². The van der Waals surface area contributed by atoms with Crippen molar-refractivity contribution in [3.8, 4) is 0 Å². The maximum absolute atomic E-state index is 11.1. The van der Waals surface area contributed by atoms with E-state index in [9.17, 15) is 15.0 Å². The minimum absolute atomic E-state index is 0.217. The number of carbonyl (C=O) groups is 1. The molecule has 0 aliphatic heterocycles. The zero-order valence-electron chi connectivity index (χ0n) is 9.47. The van der Waals surface area contributed by atoms with Gasteiger partial charge in [-0.1, -0.05) is 28.1 Å². The zero-order chi connectivity index (χ0) is 12.8. The lowest BCUT2D eigenvalue weighted by molar-refractivity contribution is -0.147. The molecule has 0 saturated carbocycles. The topological polar surface area (TPSA) is 66.8 Å². The molecule has 0 aliphatic carbocycles. The fourth-order valence-corrected chi connectivity index (χ4v) is 1.65. The third-order valence-corrected chi connectivity index (χ3v) is 2.79. The van der Waals surface area contributed by atoms with Crippen molar-refractivity contribution >= 4 is 21.9 Å². The summed E-state index contributed by atoms with van der Waals surface area (Å²) in [6.45, 7) is 1.95. The van der Waals surface area contributed by atoms with Crippen LogP contribution in [0.5, 0.6) is 0 Å². The molecule has 0 aromatic heterocycles. The minimum atomic E-state index is -1.16. The van der Waals surface area contributed by atoms with Crippen LogP contribution in [0.4, 0.5) is 0 Å². The number of halogens is 1. The van der Waals surface area contributed by atoms with Crippen molar-refractivity contribution in [3.05, 3.63) is 34.3 Å². The first-order valence-electron chi connectivity index (χ1n) is 5.31. The lowest BCUT2D eigenvalue weighted by Crippen LogP contribution is -2.23. The predicted molar refractivity (Wildman–Crippen MR) is 66.4 cm³/mol. The Morgan fingerprint density at radius 2 is 1.94 bits per heavy atom. The Bertz CT molecular complexity index is 363. The molecular formula is C12H15BrO4. The average Bonchev–Trinajstić information content (AvgIpc) is 2.29. The van der Waals surface area contributed by atoms with Crippen LogP contribution in [0.15, 0.2) is 28.7 Å². The van der Waals surface area contributed by atoms with Crippen LogP contribution < -0.4 is 0 Å². The molecule has 0 spiro atoms. The first-order valence-corrected chi connectivity index (χ1v) is 6.11. The average molecular weight is 303 g/mol. The number of carbonyl (C=O) groups excluding carboxylic acids is 1. The van der Waals surface area contributed by atoms with E-state index in [4.69, 9.17) is 4.74 Å². The molecule has 1 rings (SSSR count). The Morgan fingerprint density at radius 3 is 2.47 bits per heavy atom. The predicted octanol–water partition coefficient (Wildman–Crippen LogP) is 1.80. The molecule has 4 nitrogen and oxygen atoms in total. The second kappa shape index (κ2) is 6.74. The molecule has 0 saturated heterocycles. The molecule has 0 bridgehead atoms. The maximum atomic E-state index is 11.1. The lowest BCUT2D eigenvalue weighted by Gasteiger charge is -2.17. The second-order valence-corrected chi connectivity index (χ2v) is 4.49. The molecule has 0 heterocycles. The normalized spacial score (nSPS) is 14.1. The molecule has 94 valence electrons. The van der Waals surface area contributed by atoms with Gasteiger partial charge in [0.15, 0.2) is 0 Å². The lowest BCUT2D eigenvalue weighted by atomic mass is 10.0. The fraction of sp³-hybridized carbons (Fsp3) is 0.417. The quantitative estimate of drug-likeness (QED) is 0.814. The van der Waals surface area contributed by atoms with Crippen LogP contribution in [0.2, 0.25) is 0 Å². The summed E-state index contributed by atoms with van der Waals surface area (Å²) < 4.78 is 5.58. The van der Waals surface area contributed by atoms with E-state index < -0.39 is 18.2 Å². The number of ether oxygens (including phenoxy) is 1. The Balaban J connectivity index is 2.60. The Labute approximate surface area is 108 Å². The van der Waals surface area contributed by atoms with Crippen LogP contribution in [0.1, 0.15) is 25.0 Å². The van der Waals surface area contributed by atoms with Gasteiger partial charge in [-0.25, -0.2) is 0 Å². The van der Waals surface area contributed by atoms with Crippen LogP contribution in [-0.2, 0) is 9.53 Å². The largest absolute Gasteiger partial charge is 0.466 e. The van der Waals surface area contributed by atoms with E-state index in [0.29, 0.717) is 5.56 Å². The first kappa shape index (κ1) is 14.2. The molecule has 0 fully saturated rings. The molecule has 2 N–H and O–H groups in total. The zero-order valence-corrected chi connectivity index (χ0v) is 11.1. The summed E-state index contributed by atoms with van der Waals surface area (Å²) in [4.78, 5) is 11.1. The van der Waals surface area contributed by atoms with Gasteiger partial charge in [0.05, 0.1) is 19.1 Å². The van der Waals surface area contributed by atoms with Crippen molar-refractivity contribution < 1.29 is 19.7 Å². The van der Waals surface area contributed by atoms with Crippen molar-refractivity contribution in [1.82, 2.24) is 0 Å². The molecular weight excluding hydrogens is 288 g/mol. The van der Waals surface area contributed by atoms with Crippen molar-refractivity contribution in [3.63, 3.8) is 0 Å². The summed E-state index contributed by atoms with van der Waals surface area (Å²) in [5, 5.41) is 19.5. The molecule has 2 atom stereocenters. The number of hydrogen-bond donors (Lipinski definition) is 2.